The second-order valence-electron chi connectivity index (χ2n) is 4.79. The van der Waals surface area contributed by atoms with Gasteiger partial charge in [0, 0.05) is 6.54 Å². The van der Waals surface area contributed by atoms with Gasteiger partial charge >= 0.3 is 0 Å². The third-order valence-corrected chi connectivity index (χ3v) is 4.64. The summed E-state index contributed by atoms with van der Waals surface area (Å²) < 4.78 is 27.1. The van der Waals surface area contributed by atoms with Crippen molar-refractivity contribution >= 4 is 15.7 Å². The summed E-state index contributed by atoms with van der Waals surface area (Å²) in [6, 6.07) is 12.6. The Bertz CT molecular complexity index is 724. The van der Waals surface area contributed by atoms with Gasteiger partial charge in [-0.1, -0.05) is 30.3 Å². The quantitative estimate of drug-likeness (QED) is 0.849. The molecule has 2 aromatic carbocycles. The average molecular weight is 290 g/mol. The molecule has 0 radical (unpaired) electrons. The molecule has 0 heterocycles. The summed E-state index contributed by atoms with van der Waals surface area (Å²) in [6.07, 6.45) is 0. The van der Waals surface area contributed by atoms with Crippen LogP contribution in [-0.2, 0) is 16.6 Å². The van der Waals surface area contributed by atoms with Crippen LogP contribution in [0, 0.1) is 13.8 Å². The number of benzene rings is 2. The number of rotatable bonds is 4. The molecule has 2 aromatic rings. The summed E-state index contributed by atoms with van der Waals surface area (Å²) in [5, 5.41) is 0. The molecule has 20 heavy (non-hydrogen) atoms. The molecule has 0 aromatic heterocycles. The van der Waals surface area contributed by atoms with Crippen molar-refractivity contribution in [3.8, 4) is 0 Å². The van der Waals surface area contributed by atoms with E-state index in [1.54, 1.807) is 12.1 Å². The van der Waals surface area contributed by atoms with Gasteiger partial charge < -0.3 is 5.73 Å². The number of anilines is 1. The number of hydrogen-bond acceptors (Lipinski definition) is 3. The Balaban J connectivity index is 2.22. The Morgan fingerprint density at radius 3 is 2.45 bits per heavy atom. The first-order chi connectivity index (χ1) is 9.40. The van der Waals surface area contributed by atoms with Crippen LogP contribution in [0.25, 0.3) is 0 Å². The monoisotopic (exact) mass is 290 g/mol. The number of hydrogen-bond donors (Lipinski definition) is 2. The van der Waals surface area contributed by atoms with E-state index >= 15 is 0 Å². The van der Waals surface area contributed by atoms with E-state index in [-0.39, 0.29) is 17.1 Å². The Morgan fingerprint density at radius 1 is 1.10 bits per heavy atom. The van der Waals surface area contributed by atoms with E-state index < -0.39 is 10.0 Å². The molecule has 5 heteroatoms. The lowest BCUT2D eigenvalue weighted by Crippen LogP contribution is -2.24. The zero-order chi connectivity index (χ0) is 14.8. The summed E-state index contributed by atoms with van der Waals surface area (Å²) >= 11 is 0. The summed E-state index contributed by atoms with van der Waals surface area (Å²) in [7, 11) is -3.60. The molecule has 0 saturated heterocycles. The molecular formula is C15H18N2O2S. The van der Waals surface area contributed by atoms with Crippen molar-refractivity contribution in [1.82, 2.24) is 4.72 Å². The lowest BCUT2D eigenvalue weighted by Gasteiger charge is -2.11. The molecule has 2 rings (SSSR count). The largest absolute Gasteiger partial charge is 0.398 e. The zero-order valence-corrected chi connectivity index (χ0v) is 12.4. The second kappa shape index (κ2) is 5.64. The predicted octanol–water partition coefficient (Wildman–Crippen LogP) is 2.36. The smallest absolute Gasteiger partial charge is 0.242 e. The highest BCUT2D eigenvalue weighted by Gasteiger charge is 2.17. The molecule has 0 spiro atoms. The lowest BCUT2D eigenvalue weighted by molar-refractivity contribution is 0.581. The minimum absolute atomic E-state index is 0.122. The van der Waals surface area contributed by atoms with Gasteiger partial charge in [0.25, 0.3) is 0 Å². The maximum absolute atomic E-state index is 12.3. The lowest BCUT2D eigenvalue weighted by atomic mass is 10.1. The first-order valence-electron chi connectivity index (χ1n) is 6.30. The van der Waals surface area contributed by atoms with Gasteiger partial charge in [-0.25, -0.2) is 13.1 Å². The second-order valence-corrected chi connectivity index (χ2v) is 6.53. The molecule has 0 aliphatic carbocycles. The molecule has 0 aliphatic heterocycles. The minimum atomic E-state index is -3.60. The first kappa shape index (κ1) is 14.6. The van der Waals surface area contributed by atoms with E-state index in [1.807, 2.05) is 38.1 Å². The Morgan fingerprint density at radius 2 is 1.80 bits per heavy atom. The maximum atomic E-state index is 12.3. The van der Waals surface area contributed by atoms with Crippen molar-refractivity contribution in [1.29, 1.82) is 0 Å². The zero-order valence-electron chi connectivity index (χ0n) is 11.6. The summed E-state index contributed by atoms with van der Waals surface area (Å²) in [5.74, 6) is 0. The predicted molar refractivity (Wildman–Crippen MR) is 80.8 cm³/mol. The number of nitrogen functional groups attached to an aromatic ring is 1. The highest BCUT2D eigenvalue weighted by atomic mass is 32.2. The number of aryl methyl sites for hydroxylation is 2. The van der Waals surface area contributed by atoms with Gasteiger partial charge in [0.1, 0.15) is 4.90 Å². The minimum Gasteiger partial charge on any atom is -0.398 e. The van der Waals surface area contributed by atoms with Gasteiger partial charge in [-0.2, -0.15) is 0 Å². The van der Waals surface area contributed by atoms with Crippen molar-refractivity contribution in [3.63, 3.8) is 0 Å². The molecule has 0 saturated carbocycles. The van der Waals surface area contributed by atoms with E-state index in [9.17, 15) is 8.42 Å². The third-order valence-electron chi connectivity index (χ3n) is 3.17. The SMILES string of the molecule is Cc1ccc(S(=O)(=O)NCc2ccccc2C)c(N)c1. The topological polar surface area (TPSA) is 72.2 Å². The molecule has 0 unspecified atom stereocenters. The molecule has 0 fully saturated rings. The first-order valence-corrected chi connectivity index (χ1v) is 7.79. The average Bonchev–Trinajstić information content (AvgIpc) is 2.37. The van der Waals surface area contributed by atoms with Crippen LogP contribution >= 0.6 is 0 Å². The molecule has 0 aliphatic rings. The van der Waals surface area contributed by atoms with E-state index in [4.69, 9.17) is 5.73 Å². The third kappa shape index (κ3) is 3.18. The van der Waals surface area contributed by atoms with Crippen LogP contribution in [0.4, 0.5) is 5.69 Å². The van der Waals surface area contributed by atoms with Crippen LogP contribution in [0.5, 0.6) is 0 Å². The number of nitrogens with two attached hydrogens (primary N) is 1. The van der Waals surface area contributed by atoms with Gasteiger partial charge in [0.15, 0.2) is 0 Å². The van der Waals surface area contributed by atoms with Crippen LogP contribution in [-0.4, -0.2) is 8.42 Å². The van der Waals surface area contributed by atoms with E-state index in [2.05, 4.69) is 4.72 Å². The Hall–Kier alpha value is -1.85. The number of sulfonamides is 1. The van der Waals surface area contributed by atoms with Crippen LogP contribution in [0.3, 0.4) is 0 Å². The van der Waals surface area contributed by atoms with E-state index in [1.165, 1.54) is 6.07 Å². The normalized spacial score (nSPS) is 11.5. The summed E-state index contributed by atoms with van der Waals surface area (Å²) in [4.78, 5) is 0.122. The van der Waals surface area contributed by atoms with Gasteiger partial charge in [-0.05, 0) is 42.7 Å². The van der Waals surface area contributed by atoms with Gasteiger partial charge in [-0.3, -0.25) is 0 Å². The van der Waals surface area contributed by atoms with Crippen molar-refractivity contribution in [2.24, 2.45) is 0 Å². The fraction of sp³-hybridized carbons (Fsp3) is 0.200. The molecule has 106 valence electrons. The van der Waals surface area contributed by atoms with Gasteiger partial charge in [0.2, 0.25) is 10.0 Å². The van der Waals surface area contributed by atoms with Crippen molar-refractivity contribution < 1.29 is 8.42 Å². The van der Waals surface area contributed by atoms with Crippen molar-refractivity contribution in [3.05, 3.63) is 59.2 Å². The Labute approximate surface area is 119 Å². The fourth-order valence-electron chi connectivity index (χ4n) is 1.97. The van der Waals surface area contributed by atoms with Gasteiger partial charge in [-0.15, -0.1) is 0 Å². The Kier molecular flexibility index (Phi) is 4.11. The van der Waals surface area contributed by atoms with Crippen LogP contribution < -0.4 is 10.5 Å². The van der Waals surface area contributed by atoms with Crippen LogP contribution in [0.1, 0.15) is 16.7 Å². The molecular weight excluding hydrogens is 272 g/mol. The standard InChI is InChI=1S/C15H18N2O2S/c1-11-7-8-15(14(16)9-11)20(18,19)17-10-13-6-4-3-5-12(13)2/h3-9,17H,10,16H2,1-2H3. The summed E-state index contributed by atoms with van der Waals surface area (Å²) in [6.45, 7) is 4.07. The van der Waals surface area contributed by atoms with E-state index in [0.717, 1.165) is 16.7 Å². The van der Waals surface area contributed by atoms with Crippen LogP contribution in [0.2, 0.25) is 0 Å². The molecule has 4 nitrogen and oxygen atoms in total. The van der Waals surface area contributed by atoms with Crippen molar-refractivity contribution in [2.45, 2.75) is 25.3 Å². The van der Waals surface area contributed by atoms with Crippen molar-refractivity contribution in [2.75, 3.05) is 5.73 Å². The summed E-state index contributed by atoms with van der Waals surface area (Å²) in [5.41, 5.74) is 8.98. The van der Waals surface area contributed by atoms with Crippen LogP contribution in [0.15, 0.2) is 47.4 Å². The van der Waals surface area contributed by atoms with Gasteiger partial charge in [0.05, 0.1) is 5.69 Å². The number of nitrogens with one attached hydrogen (secondary N) is 1. The fourth-order valence-corrected chi connectivity index (χ4v) is 3.09. The van der Waals surface area contributed by atoms with E-state index in [0.29, 0.717) is 0 Å². The molecule has 0 atom stereocenters. The molecule has 0 bridgehead atoms. The maximum Gasteiger partial charge on any atom is 0.242 e. The highest BCUT2D eigenvalue weighted by molar-refractivity contribution is 7.89. The molecule has 0 amide bonds. The molecule has 3 N–H and O–H groups in total. The highest BCUT2D eigenvalue weighted by Crippen LogP contribution is 2.19.